The first kappa shape index (κ1) is 10.6. The van der Waals surface area contributed by atoms with E-state index < -0.39 is 6.09 Å². The molecule has 1 saturated heterocycles. The number of fused-ring (bicyclic) bond motifs is 1. The molecule has 90 valence electrons. The van der Waals surface area contributed by atoms with Crippen molar-refractivity contribution in [3.8, 4) is 0 Å². The maximum atomic E-state index is 10.7. The van der Waals surface area contributed by atoms with Gasteiger partial charge in [-0.25, -0.2) is 4.79 Å². The van der Waals surface area contributed by atoms with Crippen molar-refractivity contribution in [3.63, 3.8) is 0 Å². The maximum Gasteiger partial charge on any atom is 0.407 e. The molecule has 3 atom stereocenters. The Morgan fingerprint density at radius 1 is 1.41 bits per heavy atom. The van der Waals surface area contributed by atoms with Gasteiger partial charge in [-0.15, -0.1) is 10.2 Å². The van der Waals surface area contributed by atoms with Crippen molar-refractivity contribution in [2.24, 2.45) is 11.8 Å². The fourth-order valence-electron chi connectivity index (χ4n) is 2.46. The van der Waals surface area contributed by atoms with E-state index in [2.05, 4.69) is 15.5 Å². The summed E-state index contributed by atoms with van der Waals surface area (Å²) < 4.78 is 0. The smallest absolute Gasteiger partial charge is 0.407 e. The van der Waals surface area contributed by atoms with Gasteiger partial charge in [-0.1, -0.05) is 11.6 Å². The molecule has 1 aromatic heterocycles. The number of anilines is 1. The lowest BCUT2D eigenvalue weighted by molar-refractivity contribution is 0.150. The average Bonchev–Trinajstić information content (AvgIpc) is 2.76. The highest BCUT2D eigenvalue weighted by Gasteiger charge is 2.57. The zero-order valence-electron chi connectivity index (χ0n) is 8.88. The molecule has 2 heterocycles. The van der Waals surface area contributed by atoms with Crippen LogP contribution in [0.2, 0.25) is 5.15 Å². The molecule has 0 unspecified atom stereocenters. The number of aromatic nitrogens is 2. The average molecular weight is 255 g/mol. The lowest BCUT2D eigenvalue weighted by Gasteiger charge is -2.16. The molecular formula is C10H11ClN4O2. The zero-order valence-corrected chi connectivity index (χ0v) is 9.63. The minimum atomic E-state index is -0.831. The fourth-order valence-corrected chi connectivity index (χ4v) is 2.56. The summed E-state index contributed by atoms with van der Waals surface area (Å²) in [5.74, 6) is 1.50. The number of hydrogen-bond donors (Lipinski definition) is 2. The molecule has 7 heteroatoms. The molecule has 6 nitrogen and oxygen atoms in total. The topological polar surface area (TPSA) is 78.4 Å². The molecule has 2 N–H and O–H groups in total. The van der Waals surface area contributed by atoms with Crippen molar-refractivity contribution in [2.75, 3.05) is 18.4 Å². The Hall–Kier alpha value is -1.56. The van der Waals surface area contributed by atoms with E-state index in [4.69, 9.17) is 16.7 Å². The summed E-state index contributed by atoms with van der Waals surface area (Å²) in [7, 11) is 0. The Kier molecular flexibility index (Phi) is 2.32. The Morgan fingerprint density at radius 3 is 2.65 bits per heavy atom. The summed E-state index contributed by atoms with van der Waals surface area (Å²) in [5, 5.41) is 20.1. The highest BCUT2D eigenvalue weighted by molar-refractivity contribution is 6.29. The van der Waals surface area contributed by atoms with Crippen LogP contribution < -0.4 is 5.32 Å². The summed E-state index contributed by atoms with van der Waals surface area (Å²) in [6.07, 6.45) is -0.831. The van der Waals surface area contributed by atoms with E-state index in [9.17, 15) is 4.79 Å². The monoisotopic (exact) mass is 254 g/mol. The Balaban J connectivity index is 1.57. The van der Waals surface area contributed by atoms with Gasteiger partial charge in [-0.3, -0.25) is 0 Å². The van der Waals surface area contributed by atoms with E-state index in [0.717, 1.165) is 0 Å². The predicted octanol–water partition coefficient (Wildman–Crippen LogP) is 1.15. The van der Waals surface area contributed by atoms with Gasteiger partial charge < -0.3 is 15.3 Å². The Morgan fingerprint density at radius 2 is 2.12 bits per heavy atom. The van der Waals surface area contributed by atoms with Gasteiger partial charge in [0.2, 0.25) is 0 Å². The van der Waals surface area contributed by atoms with Crippen molar-refractivity contribution in [1.29, 1.82) is 0 Å². The Labute approximate surface area is 103 Å². The highest BCUT2D eigenvalue weighted by atomic mass is 35.5. The molecule has 0 radical (unpaired) electrons. The predicted molar refractivity (Wildman–Crippen MR) is 61.0 cm³/mol. The number of carboxylic acid groups (broad SMARTS) is 1. The lowest BCUT2D eigenvalue weighted by Crippen LogP contribution is -2.32. The second-order valence-corrected chi connectivity index (χ2v) is 4.81. The normalized spacial score (nSPS) is 29.9. The molecular weight excluding hydrogens is 244 g/mol. The minimum Gasteiger partial charge on any atom is -0.465 e. The third kappa shape index (κ3) is 1.88. The van der Waals surface area contributed by atoms with E-state index in [1.807, 2.05) is 0 Å². The SMILES string of the molecule is O=C(O)N1C[C@@H]2[C@H](C1)[C@@H]2Nc1ccc(Cl)nn1. The van der Waals surface area contributed by atoms with Gasteiger partial charge in [-0.05, 0) is 12.1 Å². The quantitative estimate of drug-likeness (QED) is 0.828. The van der Waals surface area contributed by atoms with Crippen LogP contribution in [-0.2, 0) is 0 Å². The van der Waals surface area contributed by atoms with Crippen LogP contribution in [0.15, 0.2) is 12.1 Å². The van der Waals surface area contributed by atoms with E-state index >= 15 is 0 Å². The first-order chi connectivity index (χ1) is 8.15. The van der Waals surface area contributed by atoms with Crippen LogP contribution >= 0.6 is 11.6 Å². The maximum absolute atomic E-state index is 10.7. The van der Waals surface area contributed by atoms with Crippen molar-refractivity contribution in [1.82, 2.24) is 15.1 Å². The summed E-state index contributed by atoms with van der Waals surface area (Å²) >= 11 is 5.64. The van der Waals surface area contributed by atoms with Gasteiger partial charge in [0.25, 0.3) is 0 Å². The molecule has 2 aliphatic rings. The van der Waals surface area contributed by atoms with Crippen LogP contribution in [0.3, 0.4) is 0 Å². The van der Waals surface area contributed by atoms with Crippen LogP contribution in [0.1, 0.15) is 0 Å². The van der Waals surface area contributed by atoms with Crippen molar-refractivity contribution < 1.29 is 9.90 Å². The van der Waals surface area contributed by atoms with Crippen LogP contribution in [0.5, 0.6) is 0 Å². The number of rotatable bonds is 2. The standard InChI is InChI=1S/C10H11ClN4O2/c11-7-1-2-8(14-13-7)12-9-5-3-15(10(16)17)4-6(5)9/h1-2,5-6,9H,3-4H2,(H,12,14)(H,16,17)/t5-,6+,9-. The number of nitrogens with zero attached hydrogens (tertiary/aromatic N) is 3. The summed E-state index contributed by atoms with van der Waals surface area (Å²) in [6.45, 7) is 1.22. The van der Waals surface area contributed by atoms with Crippen molar-refractivity contribution in [2.45, 2.75) is 6.04 Å². The first-order valence-corrected chi connectivity index (χ1v) is 5.76. The third-order valence-electron chi connectivity index (χ3n) is 3.41. The Bertz CT molecular complexity index is 440. The molecule has 1 aromatic rings. The molecule has 2 fully saturated rings. The lowest BCUT2D eigenvalue weighted by atomic mass is 10.4. The molecule has 1 aliphatic carbocycles. The number of amides is 1. The number of piperidine rings is 1. The van der Waals surface area contributed by atoms with Crippen LogP contribution in [0, 0.1) is 11.8 Å². The first-order valence-electron chi connectivity index (χ1n) is 5.39. The van der Waals surface area contributed by atoms with Gasteiger partial charge in [0.15, 0.2) is 5.15 Å². The van der Waals surface area contributed by atoms with E-state index in [1.165, 1.54) is 4.90 Å². The molecule has 0 spiro atoms. The van der Waals surface area contributed by atoms with E-state index in [1.54, 1.807) is 12.1 Å². The molecule has 1 amide bonds. The summed E-state index contributed by atoms with van der Waals surface area (Å²) in [6, 6.07) is 3.78. The molecule has 0 aromatic carbocycles. The van der Waals surface area contributed by atoms with Crippen LogP contribution in [-0.4, -0.2) is 45.4 Å². The number of hydrogen-bond acceptors (Lipinski definition) is 4. The van der Waals surface area contributed by atoms with Crippen molar-refractivity contribution >= 4 is 23.5 Å². The van der Waals surface area contributed by atoms with Gasteiger partial charge in [-0.2, -0.15) is 0 Å². The van der Waals surface area contributed by atoms with Gasteiger partial charge >= 0.3 is 6.09 Å². The third-order valence-corrected chi connectivity index (χ3v) is 3.61. The second kappa shape index (κ2) is 3.73. The van der Waals surface area contributed by atoms with Gasteiger partial charge in [0.1, 0.15) is 5.82 Å². The van der Waals surface area contributed by atoms with Gasteiger partial charge in [0.05, 0.1) is 0 Å². The number of likely N-dealkylation sites (tertiary alicyclic amines) is 1. The molecule has 1 aliphatic heterocycles. The summed E-state index contributed by atoms with van der Waals surface area (Å²) in [4.78, 5) is 12.2. The van der Waals surface area contributed by atoms with E-state index in [0.29, 0.717) is 41.9 Å². The summed E-state index contributed by atoms with van der Waals surface area (Å²) in [5.41, 5.74) is 0. The highest BCUT2D eigenvalue weighted by Crippen LogP contribution is 2.46. The van der Waals surface area contributed by atoms with Crippen molar-refractivity contribution in [3.05, 3.63) is 17.3 Å². The largest absolute Gasteiger partial charge is 0.465 e. The fraction of sp³-hybridized carbons (Fsp3) is 0.500. The van der Waals surface area contributed by atoms with Gasteiger partial charge in [0, 0.05) is 31.0 Å². The molecule has 17 heavy (non-hydrogen) atoms. The van der Waals surface area contributed by atoms with Crippen LogP contribution in [0.4, 0.5) is 10.6 Å². The zero-order chi connectivity index (χ0) is 12.0. The minimum absolute atomic E-state index is 0.320. The molecule has 1 saturated carbocycles. The number of carbonyl (C=O) groups is 1. The van der Waals surface area contributed by atoms with Crippen LogP contribution in [0.25, 0.3) is 0 Å². The molecule has 3 rings (SSSR count). The second-order valence-electron chi connectivity index (χ2n) is 4.43. The number of nitrogens with one attached hydrogen (secondary N) is 1. The number of halogens is 1. The molecule has 0 bridgehead atoms. The van der Waals surface area contributed by atoms with E-state index in [-0.39, 0.29) is 0 Å².